The molecule has 1 fully saturated rings. The van der Waals surface area contributed by atoms with E-state index < -0.39 is 5.97 Å². The maximum atomic E-state index is 12.6. The number of benzene rings is 3. The number of anilines is 3. The molecule has 1 saturated heterocycles. The van der Waals surface area contributed by atoms with Gasteiger partial charge in [-0.1, -0.05) is 24.3 Å². The van der Waals surface area contributed by atoms with Gasteiger partial charge < -0.3 is 29.7 Å². The zero-order valence-electron chi connectivity index (χ0n) is 20.6. The Balaban J connectivity index is 1.42. The van der Waals surface area contributed by atoms with Crippen molar-refractivity contribution >= 4 is 28.9 Å². The van der Waals surface area contributed by atoms with Crippen molar-refractivity contribution in [3.63, 3.8) is 0 Å². The Labute approximate surface area is 211 Å². The molecule has 3 aromatic rings. The van der Waals surface area contributed by atoms with Gasteiger partial charge >= 0.3 is 5.97 Å². The van der Waals surface area contributed by atoms with Crippen molar-refractivity contribution in [2.75, 3.05) is 55.0 Å². The van der Waals surface area contributed by atoms with Crippen LogP contribution in [0.5, 0.6) is 11.5 Å². The quantitative estimate of drug-likeness (QED) is 0.463. The van der Waals surface area contributed by atoms with E-state index in [1.165, 1.54) is 0 Å². The summed E-state index contributed by atoms with van der Waals surface area (Å²) in [5.41, 5.74) is 3.05. The van der Waals surface area contributed by atoms with Crippen LogP contribution in [0.2, 0.25) is 0 Å². The van der Waals surface area contributed by atoms with Crippen LogP contribution in [-0.2, 0) is 11.2 Å². The number of carboxylic acid groups (broad SMARTS) is 1. The molecule has 2 N–H and O–H groups in total. The molecule has 36 heavy (non-hydrogen) atoms. The number of aromatic carboxylic acids is 1. The average molecular weight is 490 g/mol. The van der Waals surface area contributed by atoms with Crippen LogP contribution in [0.3, 0.4) is 0 Å². The van der Waals surface area contributed by atoms with Crippen LogP contribution in [0.25, 0.3) is 0 Å². The number of hydrogen-bond acceptors (Lipinski definition) is 6. The molecular formula is C28H31N3O5. The van der Waals surface area contributed by atoms with Crippen molar-refractivity contribution in [3.8, 4) is 11.5 Å². The number of carboxylic acids is 1. The zero-order chi connectivity index (χ0) is 25.5. The van der Waals surface area contributed by atoms with Gasteiger partial charge in [-0.25, -0.2) is 4.79 Å². The number of nitrogens with one attached hydrogen (secondary N) is 1. The largest absolute Gasteiger partial charge is 0.497 e. The van der Waals surface area contributed by atoms with Crippen molar-refractivity contribution in [3.05, 3.63) is 77.9 Å². The molecule has 4 rings (SSSR count). The molecule has 3 aromatic carbocycles. The number of para-hydroxylation sites is 2. The van der Waals surface area contributed by atoms with Crippen LogP contribution in [0, 0.1) is 0 Å². The van der Waals surface area contributed by atoms with E-state index in [-0.39, 0.29) is 23.6 Å². The van der Waals surface area contributed by atoms with Crippen molar-refractivity contribution in [1.29, 1.82) is 0 Å². The summed E-state index contributed by atoms with van der Waals surface area (Å²) in [7, 11) is 1.58. The molecule has 0 unspecified atom stereocenters. The number of hydrogen-bond donors (Lipinski definition) is 2. The lowest BCUT2D eigenvalue weighted by Crippen LogP contribution is -2.46. The van der Waals surface area contributed by atoms with Gasteiger partial charge in [0.15, 0.2) is 0 Å². The second-order valence-electron chi connectivity index (χ2n) is 8.48. The predicted octanol–water partition coefficient (Wildman–Crippen LogP) is 4.30. The van der Waals surface area contributed by atoms with E-state index in [0.717, 1.165) is 48.9 Å². The summed E-state index contributed by atoms with van der Waals surface area (Å²) in [6, 6.07) is 20.4. The summed E-state index contributed by atoms with van der Waals surface area (Å²) in [5.74, 6) is 0.219. The second kappa shape index (κ2) is 11.5. The van der Waals surface area contributed by atoms with Crippen molar-refractivity contribution in [2.24, 2.45) is 0 Å². The minimum Gasteiger partial charge on any atom is -0.497 e. The highest BCUT2D eigenvalue weighted by atomic mass is 16.5. The van der Waals surface area contributed by atoms with Crippen LogP contribution in [0.15, 0.2) is 66.7 Å². The first kappa shape index (κ1) is 24.9. The minimum atomic E-state index is -1.08. The summed E-state index contributed by atoms with van der Waals surface area (Å²) in [6.45, 7) is 5.63. The van der Waals surface area contributed by atoms with Crippen LogP contribution >= 0.6 is 0 Å². The Morgan fingerprint density at radius 1 is 0.944 bits per heavy atom. The van der Waals surface area contributed by atoms with Crippen molar-refractivity contribution in [1.82, 2.24) is 0 Å². The molecule has 188 valence electrons. The molecule has 0 aliphatic carbocycles. The molecule has 0 spiro atoms. The summed E-state index contributed by atoms with van der Waals surface area (Å²) in [4.78, 5) is 29.0. The first-order valence-electron chi connectivity index (χ1n) is 12.0. The first-order valence-corrected chi connectivity index (χ1v) is 12.0. The molecule has 1 heterocycles. The Kier molecular flexibility index (Phi) is 7.95. The maximum absolute atomic E-state index is 12.6. The number of carbonyl (C=O) groups is 2. The Bertz CT molecular complexity index is 1200. The van der Waals surface area contributed by atoms with E-state index in [2.05, 4.69) is 21.2 Å². The zero-order valence-corrected chi connectivity index (χ0v) is 20.6. The summed E-state index contributed by atoms with van der Waals surface area (Å²) >= 11 is 0. The lowest BCUT2D eigenvalue weighted by molar-refractivity contribution is -0.115. The number of rotatable bonds is 9. The SMILES string of the molecule is CCOc1ccccc1N1CCN(c2ccc(NC(=O)Cc3ccc(OC)cc3)c(C(=O)O)c2)CC1. The van der Waals surface area contributed by atoms with Crippen LogP contribution in [0.4, 0.5) is 17.1 Å². The van der Waals surface area contributed by atoms with E-state index in [4.69, 9.17) is 9.47 Å². The third kappa shape index (κ3) is 5.89. The molecule has 8 nitrogen and oxygen atoms in total. The average Bonchev–Trinajstić information content (AvgIpc) is 2.90. The van der Waals surface area contributed by atoms with Gasteiger partial charge in [0.1, 0.15) is 11.5 Å². The second-order valence-corrected chi connectivity index (χ2v) is 8.48. The number of ether oxygens (including phenoxy) is 2. The van der Waals surface area contributed by atoms with Gasteiger partial charge in [-0.3, -0.25) is 4.79 Å². The predicted molar refractivity (Wildman–Crippen MR) is 141 cm³/mol. The smallest absolute Gasteiger partial charge is 0.337 e. The number of nitrogens with zero attached hydrogens (tertiary/aromatic N) is 2. The van der Waals surface area contributed by atoms with E-state index >= 15 is 0 Å². The van der Waals surface area contributed by atoms with E-state index in [1.54, 1.807) is 31.4 Å². The highest BCUT2D eigenvalue weighted by Gasteiger charge is 2.22. The molecule has 0 bridgehead atoms. The van der Waals surface area contributed by atoms with E-state index in [1.807, 2.05) is 43.3 Å². The lowest BCUT2D eigenvalue weighted by Gasteiger charge is -2.38. The van der Waals surface area contributed by atoms with E-state index in [9.17, 15) is 14.7 Å². The molecule has 8 heteroatoms. The highest BCUT2D eigenvalue weighted by Crippen LogP contribution is 2.30. The molecule has 0 saturated carbocycles. The number of methoxy groups -OCH3 is 1. The molecule has 0 radical (unpaired) electrons. The van der Waals surface area contributed by atoms with Gasteiger partial charge in [-0.15, -0.1) is 0 Å². The van der Waals surface area contributed by atoms with E-state index in [0.29, 0.717) is 12.4 Å². The third-order valence-electron chi connectivity index (χ3n) is 6.18. The van der Waals surface area contributed by atoms with Gasteiger partial charge in [-0.2, -0.15) is 0 Å². The fourth-order valence-corrected chi connectivity index (χ4v) is 4.34. The number of carbonyl (C=O) groups excluding carboxylic acids is 1. The molecule has 0 atom stereocenters. The molecular weight excluding hydrogens is 458 g/mol. The summed E-state index contributed by atoms with van der Waals surface area (Å²) in [5, 5.41) is 12.6. The van der Waals surface area contributed by atoms with Crippen molar-refractivity contribution < 1.29 is 24.2 Å². The van der Waals surface area contributed by atoms with Gasteiger partial charge in [-0.05, 0) is 55.0 Å². The highest BCUT2D eigenvalue weighted by molar-refractivity contribution is 6.01. The first-order chi connectivity index (χ1) is 17.5. The van der Waals surface area contributed by atoms with Crippen LogP contribution < -0.4 is 24.6 Å². The molecule has 1 aliphatic rings. The molecule has 1 aliphatic heterocycles. The Hall–Kier alpha value is -4.20. The Morgan fingerprint density at radius 2 is 1.64 bits per heavy atom. The number of amides is 1. The van der Waals surface area contributed by atoms with Gasteiger partial charge in [0.25, 0.3) is 0 Å². The van der Waals surface area contributed by atoms with Gasteiger partial charge in [0, 0.05) is 31.9 Å². The standard InChI is InChI=1S/C28H31N3O5/c1-3-36-26-7-5-4-6-25(26)31-16-14-30(15-17-31)21-10-13-24(23(19-21)28(33)34)29-27(32)18-20-8-11-22(35-2)12-9-20/h4-13,19H,3,14-18H2,1-2H3,(H,29,32)(H,33,34). The van der Waals surface area contributed by atoms with Crippen LogP contribution in [0.1, 0.15) is 22.8 Å². The normalized spacial score (nSPS) is 13.3. The minimum absolute atomic E-state index is 0.0692. The number of piperazine rings is 1. The summed E-state index contributed by atoms with van der Waals surface area (Å²) < 4.78 is 10.9. The fraction of sp³-hybridized carbons (Fsp3) is 0.286. The van der Waals surface area contributed by atoms with Crippen molar-refractivity contribution in [2.45, 2.75) is 13.3 Å². The van der Waals surface area contributed by atoms with Crippen LogP contribution in [-0.4, -0.2) is 56.9 Å². The summed E-state index contributed by atoms with van der Waals surface area (Å²) in [6.07, 6.45) is 0.135. The lowest BCUT2D eigenvalue weighted by atomic mass is 10.1. The Morgan fingerprint density at radius 3 is 2.31 bits per heavy atom. The van der Waals surface area contributed by atoms with Gasteiger partial charge in [0.2, 0.25) is 5.91 Å². The fourth-order valence-electron chi connectivity index (χ4n) is 4.34. The third-order valence-corrected chi connectivity index (χ3v) is 6.18. The van der Waals surface area contributed by atoms with Gasteiger partial charge in [0.05, 0.1) is 37.1 Å². The molecule has 1 amide bonds. The maximum Gasteiger partial charge on any atom is 0.337 e. The topological polar surface area (TPSA) is 91.3 Å². The molecule has 0 aromatic heterocycles. The monoisotopic (exact) mass is 489 g/mol.